The first kappa shape index (κ1) is 13.5. The molecule has 1 rings (SSSR count). The van der Waals surface area contributed by atoms with Gasteiger partial charge >= 0.3 is 0 Å². The molecule has 2 nitrogen and oxygen atoms in total. The summed E-state index contributed by atoms with van der Waals surface area (Å²) in [6.07, 6.45) is 6.83. The minimum absolute atomic E-state index is 0.0255. The molecule has 17 heavy (non-hydrogen) atoms. The van der Waals surface area contributed by atoms with Crippen LogP contribution in [0.3, 0.4) is 0 Å². The first-order valence-electron chi connectivity index (χ1n) is 5.71. The molecule has 0 aromatic heterocycles. The van der Waals surface area contributed by atoms with E-state index >= 15 is 0 Å². The van der Waals surface area contributed by atoms with E-state index in [-0.39, 0.29) is 12.7 Å². The minimum Gasteiger partial charge on any atom is -0.488 e. The molecule has 1 radical (unpaired) electrons. The molecule has 1 aromatic rings. The number of aliphatic hydroxyl groups is 1. The first-order chi connectivity index (χ1) is 8.30. The van der Waals surface area contributed by atoms with E-state index in [1.807, 2.05) is 36.8 Å². The van der Waals surface area contributed by atoms with Crippen molar-refractivity contribution in [3.63, 3.8) is 0 Å². The number of rotatable bonds is 8. The Balaban J connectivity index is 2.53. The highest BCUT2D eigenvalue weighted by Crippen LogP contribution is 2.15. The number of allylic oxidation sites excluding steroid dienone is 2. The summed E-state index contributed by atoms with van der Waals surface area (Å²) >= 11 is 0. The molecule has 1 N–H and O–H groups in total. The van der Waals surface area contributed by atoms with Crippen LogP contribution in [0.15, 0.2) is 49.6 Å². The van der Waals surface area contributed by atoms with Crippen LogP contribution in [0.2, 0.25) is 0 Å². The predicted molar refractivity (Wildman–Crippen MR) is 71.0 cm³/mol. The second-order valence-corrected chi connectivity index (χ2v) is 3.74. The zero-order valence-corrected chi connectivity index (χ0v) is 10.0. The van der Waals surface area contributed by atoms with Crippen LogP contribution in [0.4, 0.5) is 0 Å². The lowest BCUT2D eigenvalue weighted by Crippen LogP contribution is -2.21. The fourth-order valence-corrected chi connectivity index (χ4v) is 1.45. The third-order valence-corrected chi connectivity index (χ3v) is 2.34. The van der Waals surface area contributed by atoms with E-state index in [1.54, 1.807) is 6.08 Å². The molecule has 0 amide bonds. The zero-order valence-electron chi connectivity index (χ0n) is 10.0. The number of hydrogen-bond donors (Lipinski definition) is 1. The highest BCUT2D eigenvalue weighted by molar-refractivity contribution is 5.28. The van der Waals surface area contributed by atoms with Crippen molar-refractivity contribution < 1.29 is 9.84 Å². The van der Waals surface area contributed by atoms with E-state index in [9.17, 15) is 0 Å². The molecular weight excluding hydrogens is 212 g/mol. The largest absolute Gasteiger partial charge is 0.488 e. The van der Waals surface area contributed by atoms with Crippen LogP contribution in [-0.2, 0) is 6.42 Å². The van der Waals surface area contributed by atoms with Crippen LogP contribution in [0.25, 0.3) is 0 Å². The molecule has 0 aliphatic rings. The summed E-state index contributed by atoms with van der Waals surface area (Å²) in [4.78, 5) is 0. The second-order valence-electron chi connectivity index (χ2n) is 3.74. The molecule has 0 heterocycles. The van der Waals surface area contributed by atoms with Gasteiger partial charge in [-0.25, -0.2) is 0 Å². The van der Waals surface area contributed by atoms with E-state index in [0.29, 0.717) is 0 Å². The van der Waals surface area contributed by atoms with Crippen LogP contribution in [0.1, 0.15) is 12.0 Å². The second kappa shape index (κ2) is 7.69. The van der Waals surface area contributed by atoms with Gasteiger partial charge in [0.2, 0.25) is 0 Å². The summed E-state index contributed by atoms with van der Waals surface area (Å²) in [7, 11) is 0. The van der Waals surface area contributed by atoms with Crippen LogP contribution in [0.5, 0.6) is 5.75 Å². The van der Waals surface area contributed by atoms with Crippen molar-refractivity contribution in [1.82, 2.24) is 0 Å². The monoisotopic (exact) mass is 231 g/mol. The van der Waals surface area contributed by atoms with E-state index < -0.39 is 0 Å². The maximum absolute atomic E-state index is 9.15. The fraction of sp³-hybridized carbons (Fsp3) is 0.267. The molecule has 0 saturated heterocycles. The summed E-state index contributed by atoms with van der Waals surface area (Å²) in [5.41, 5.74) is 1.20. The Labute approximate surface area is 103 Å². The standard InChI is InChI=1S/C15H19O2/c1-3-5-7-15(12-16)17-14-10-8-13(6-4-2)9-11-14/h3-4,7-11,15-16H,1-2,5-6,12H2. The molecule has 0 spiro atoms. The van der Waals surface area contributed by atoms with Crippen molar-refractivity contribution in [3.8, 4) is 5.75 Å². The van der Waals surface area contributed by atoms with E-state index in [1.165, 1.54) is 5.56 Å². The lowest BCUT2D eigenvalue weighted by molar-refractivity contribution is 0.137. The van der Waals surface area contributed by atoms with Crippen LogP contribution in [0, 0.1) is 6.42 Å². The molecule has 0 aliphatic heterocycles. The number of aliphatic hydroxyl groups excluding tert-OH is 1. The van der Waals surface area contributed by atoms with E-state index in [0.717, 1.165) is 18.6 Å². The highest BCUT2D eigenvalue weighted by Gasteiger charge is 2.08. The number of benzene rings is 1. The van der Waals surface area contributed by atoms with Gasteiger partial charge in [0.05, 0.1) is 6.61 Å². The Bertz CT molecular complexity index is 340. The van der Waals surface area contributed by atoms with Gasteiger partial charge < -0.3 is 9.84 Å². The smallest absolute Gasteiger partial charge is 0.125 e. The molecule has 1 atom stereocenters. The fourth-order valence-electron chi connectivity index (χ4n) is 1.45. The van der Waals surface area contributed by atoms with Gasteiger partial charge in [0, 0.05) is 6.42 Å². The van der Waals surface area contributed by atoms with Gasteiger partial charge in [0.25, 0.3) is 0 Å². The summed E-state index contributed by atoms with van der Waals surface area (Å²) < 4.78 is 5.62. The van der Waals surface area contributed by atoms with Crippen LogP contribution in [-0.4, -0.2) is 17.8 Å². The molecule has 91 valence electrons. The normalized spacial score (nSPS) is 11.8. The molecule has 1 aromatic carbocycles. The van der Waals surface area contributed by atoms with Gasteiger partial charge in [0.15, 0.2) is 0 Å². The summed E-state index contributed by atoms with van der Waals surface area (Å²) in [6.45, 7) is 7.30. The highest BCUT2D eigenvalue weighted by atomic mass is 16.5. The van der Waals surface area contributed by atoms with Gasteiger partial charge in [-0.2, -0.15) is 0 Å². The van der Waals surface area contributed by atoms with Gasteiger partial charge in [-0.05, 0) is 30.5 Å². The molecular formula is C15H19O2. The lowest BCUT2D eigenvalue weighted by atomic mass is 10.1. The summed E-state index contributed by atoms with van der Waals surface area (Å²) in [5, 5.41) is 9.15. The van der Waals surface area contributed by atoms with Gasteiger partial charge in [-0.3, -0.25) is 0 Å². The van der Waals surface area contributed by atoms with Crippen LogP contribution >= 0.6 is 0 Å². The third-order valence-electron chi connectivity index (χ3n) is 2.34. The van der Waals surface area contributed by atoms with Crippen molar-refractivity contribution >= 4 is 0 Å². The minimum atomic E-state index is -0.279. The average molecular weight is 231 g/mol. The van der Waals surface area contributed by atoms with E-state index in [4.69, 9.17) is 9.84 Å². The van der Waals surface area contributed by atoms with Crippen LogP contribution < -0.4 is 4.74 Å². The lowest BCUT2D eigenvalue weighted by Gasteiger charge is -2.16. The average Bonchev–Trinajstić information content (AvgIpc) is 2.37. The zero-order chi connectivity index (χ0) is 12.5. The van der Waals surface area contributed by atoms with Gasteiger partial charge in [0.1, 0.15) is 11.9 Å². The quantitative estimate of drug-likeness (QED) is 0.697. The van der Waals surface area contributed by atoms with Gasteiger partial charge in [-0.1, -0.05) is 24.3 Å². The van der Waals surface area contributed by atoms with Crippen molar-refractivity contribution in [2.24, 2.45) is 0 Å². The summed E-state index contributed by atoms with van der Waals surface area (Å²) in [6, 6.07) is 7.81. The molecule has 2 heteroatoms. The molecule has 0 fully saturated rings. The van der Waals surface area contributed by atoms with Crippen molar-refractivity contribution in [2.45, 2.75) is 18.9 Å². The Hall–Kier alpha value is -1.54. The first-order valence-corrected chi connectivity index (χ1v) is 5.71. The molecule has 0 saturated carbocycles. The maximum atomic E-state index is 9.15. The van der Waals surface area contributed by atoms with Gasteiger partial charge in [-0.15, -0.1) is 13.2 Å². The molecule has 1 unspecified atom stereocenters. The Kier molecular flexibility index (Phi) is 6.12. The third kappa shape index (κ3) is 4.87. The van der Waals surface area contributed by atoms with Crippen molar-refractivity contribution in [1.29, 1.82) is 0 Å². The SMILES string of the molecule is C=CC[CH]C(CO)Oc1ccc(CC=C)cc1. The number of ether oxygens (including phenoxy) is 1. The predicted octanol–water partition coefficient (Wildman–Crippen LogP) is 2.94. The maximum Gasteiger partial charge on any atom is 0.125 e. The topological polar surface area (TPSA) is 29.5 Å². The number of hydrogen-bond acceptors (Lipinski definition) is 2. The Morgan fingerprint density at radius 2 is 1.88 bits per heavy atom. The Morgan fingerprint density at radius 3 is 2.41 bits per heavy atom. The molecule has 0 aliphatic carbocycles. The van der Waals surface area contributed by atoms with E-state index in [2.05, 4.69) is 13.2 Å². The molecule has 0 bridgehead atoms. The summed E-state index contributed by atoms with van der Waals surface area (Å²) in [5.74, 6) is 0.761. The van der Waals surface area contributed by atoms with Crippen molar-refractivity contribution in [2.75, 3.05) is 6.61 Å². The Morgan fingerprint density at radius 1 is 1.18 bits per heavy atom. The van der Waals surface area contributed by atoms with Crippen molar-refractivity contribution in [3.05, 3.63) is 61.6 Å².